The van der Waals surface area contributed by atoms with Gasteiger partial charge in [-0.3, -0.25) is 9.59 Å². The standard InChI is InChI=1S/C15H12F3NO3S/c16-15(17,18)13(21)11-5-6-12(23-11)14(22)19-8-7-9-1-3-10(20)4-2-9/h1-6,20H,7-8H2,(H,19,22). The third-order valence-electron chi connectivity index (χ3n) is 2.95. The van der Waals surface area contributed by atoms with Crippen LogP contribution in [0.5, 0.6) is 5.75 Å². The number of Topliss-reactive ketones (excluding diaryl/α,β-unsaturated/α-hetero) is 1. The fourth-order valence-electron chi connectivity index (χ4n) is 1.79. The maximum Gasteiger partial charge on any atom is 0.455 e. The highest BCUT2D eigenvalue weighted by molar-refractivity contribution is 7.16. The average molecular weight is 343 g/mol. The molecule has 1 aromatic carbocycles. The number of rotatable bonds is 5. The average Bonchev–Trinajstić information content (AvgIpc) is 2.97. The minimum Gasteiger partial charge on any atom is -0.508 e. The summed E-state index contributed by atoms with van der Waals surface area (Å²) in [5, 5.41) is 11.7. The van der Waals surface area contributed by atoms with Crippen molar-refractivity contribution in [1.29, 1.82) is 0 Å². The van der Waals surface area contributed by atoms with Crippen molar-refractivity contribution in [2.75, 3.05) is 6.54 Å². The number of carbonyl (C=O) groups is 2. The number of hydrogen-bond donors (Lipinski definition) is 2. The molecule has 0 unspecified atom stereocenters. The van der Waals surface area contributed by atoms with Crippen molar-refractivity contribution in [2.45, 2.75) is 12.6 Å². The molecule has 1 amide bonds. The number of phenols is 1. The quantitative estimate of drug-likeness (QED) is 0.820. The molecule has 0 aliphatic carbocycles. The van der Waals surface area contributed by atoms with Gasteiger partial charge in [0.05, 0.1) is 9.75 Å². The summed E-state index contributed by atoms with van der Waals surface area (Å²) < 4.78 is 36.9. The molecule has 1 heterocycles. The van der Waals surface area contributed by atoms with E-state index >= 15 is 0 Å². The summed E-state index contributed by atoms with van der Waals surface area (Å²) in [4.78, 5) is 22.4. The zero-order chi connectivity index (χ0) is 17.0. The normalized spacial score (nSPS) is 11.3. The molecule has 0 saturated heterocycles. The molecule has 0 fully saturated rings. The van der Waals surface area contributed by atoms with Crippen LogP contribution in [0.15, 0.2) is 36.4 Å². The lowest BCUT2D eigenvalue weighted by Gasteiger charge is -2.04. The Balaban J connectivity index is 1.90. The van der Waals surface area contributed by atoms with Crippen molar-refractivity contribution >= 4 is 23.0 Å². The smallest absolute Gasteiger partial charge is 0.455 e. The van der Waals surface area contributed by atoms with Crippen molar-refractivity contribution in [3.63, 3.8) is 0 Å². The molecule has 0 bridgehead atoms. The van der Waals surface area contributed by atoms with E-state index in [0.29, 0.717) is 17.8 Å². The Hall–Kier alpha value is -2.35. The van der Waals surface area contributed by atoms with Crippen LogP contribution in [0.4, 0.5) is 13.2 Å². The predicted octanol–water partition coefficient (Wildman–Crippen LogP) is 3.17. The molecule has 2 aromatic rings. The van der Waals surface area contributed by atoms with E-state index in [9.17, 15) is 22.8 Å². The molecule has 4 nitrogen and oxygen atoms in total. The molecular weight excluding hydrogens is 331 g/mol. The van der Waals surface area contributed by atoms with E-state index in [4.69, 9.17) is 5.11 Å². The first-order chi connectivity index (χ1) is 10.8. The number of benzene rings is 1. The number of aromatic hydroxyl groups is 1. The highest BCUT2D eigenvalue weighted by Crippen LogP contribution is 2.26. The van der Waals surface area contributed by atoms with Crippen LogP contribution in [0.3, 0.4) is 0 Å². The number of amides is 1. The molecule has 2 N–H and O–H groups in total. The third kappa shape index (κ3) is 4.56. The lowest BCUT2D eigenvalue weighted by molar-refractivity contribution is -0.0882. The summed E-state index contributed by atoms with van der Waals surface area (Å²) in [6.45, 7) is 0.282. The van der Waals surface area contributed by atoms with E-state index in [1.165, 1.54) is 18.2 Å². The lowest BCUT2D eigenvalue weighted by Crippen LogP contribution is -2.25. The van der Waals surface area contributed by atoms with Gasteiger partial charge in [0.1, 0.15) is 5.75 Å². The number of alkyl halides is 3. The first kappa shape index (κ1) is 17.0. The zero-order valence-corrected chi connectivity index (χ0v) is 12.5. The monoisotopic (exact) mass is 343 g/mol. The molecule has 0 aliphatic heterocycles. The maximum atomic E-state index is 12.3. The molecule has 1 aromatic heterocycles. The van der Waals surface area contributed by atoms with Gasteiger partial charge in [-0.1, -0.05) is 12.1 Å². The SMILES string of the molecule is O=C(NCCc1ccc(O)cc1)c1ccc(C(=O)C(F)(F)F)s1. The van der Waals surface area contributed by atoms with E-state index in [0.717, 1.165) is 11.6 Å². The van der Waals surface area contributed by atoms with Crippen molar-refractivity contribution in [1.82, 2.24) is 5.32 Å². The van der Waals surface area contributed by atoms with Gasteiger partial charge in [0, 0.05) is 6.54 Å². The second kappa shape index (κ2) is 6.82. The molecule has 0 spiro atoms. The van der Waals surface area contributed by atoms with Crippen LogP contribution in [-0.4, -0.2) is 29.5 Å². The van der Waals surface area contributed by atoms with Crippen molar-refractivity contribution in [3.8, 4) is 5.75 Å². The van der Waals surface area contributed by atoms with Crippen LogP contribution in [0, 0.1) is 0 Å². The van der Waals surface area contributed by atoms with Gasteiger partial charge in [0.2, 0.25) is 0 Å². The van der Waals surface area contributed by atoms with Crippen molar-refractivity contribution < 1.29 is 27.9 Å². The summed E-state index contributed by atoms with van der Waals surface area (Å²) in [6.07, 6.45) is -4.44. The number of carbonyl (C=O) groups excluding carboxylic acids is 2. The summed E-state index contributed by atoms with van der Waals surface area (Å²) in [5.74, 6) is -2.35. The number of ketones is 1. The first-order valence-electron chi connectivity index (χ1n) is 6.55. The molecule has 0 radical (unpaired) electrons. The second-order valence-corrected chi connectivity index (χ2v) is 5.75. The number of thiophene rings is 1. The summed E-state index contributed by atoms with van der Waals surface area (Å²) in [6, 6.07) is 8.63. The number of nitrogens with one attached hydrogen (secondary N) is 1. The Bertz CT molecular complexity index is 708. The fraction of sp³-hybridized carbons (Fsp3) is 0.200. The van der Waals surface area contributed by atoms with Crippen LogP contribution >= 0.6 is 11.3 Å². The number of hydrogen-bond acceptors (Lipinski definition) is 4. The lowest BCUT2D eigenvalue weighted by atomic mass is 10.1. The Morgan fingerprint density at radius 3 is 2.26 bits per heavy atom. The van der Waals surface area contributed by atoms with E-state index in [1.807, 2.05) is 0 Å². The largest absolute Gasteiger partial charge is 0.508 e. The Morgan fingerprint density at radius 1 is 1.04 bits per heavy atom. The van der Waals surface area contributed by atoms with Crippen LogP contribution in [0.1, 0.15) is 24.9 Å². The third-order valence-corrected chi connectivity index (χ3v) is 4.03. The Kier molecular flexibility index (Phi) is 5.05. The van der Waals surface area contributed by atoms with Gasteiger partial charge in [-0.2, -0.15) is 13.2 Å². The second-order valence-electron chi connectivity index (χ2n) is 4.66. The molecular formula is C15H12F3NO3S. The fourth-order valence-corrected chi connectivity index (χ4v) is 2.67. The molecule has 8 heteroatoms. The number of phenolic OH excluding ortho intramolecular Hbond substituents is 1. The zero-order valence-electron chi connectivity index (χ0n) is 11.7. The highest BCUT2D eigenvalue weighted by Gasteiger charge is 2.40. The van der Waals surface area contributed by atoms with Gasteiger partial charge >= 0.3 is 6.18 Å². The predicted molar refractivity (Wildman–Crippen MR) is 78.8 cm³/mol. The number of halogens is 3. The van der Waals surface area contributed by atoms with Gasteiger partial charge in [-0.25, -0.2) is 0 Å². The summed E-state index contributed by atoms with van der Waals surface area (Å²) in [7, 11) is 0. The van der Waals surface area contributed by atoms with E-state index in [1.54, 1.807) is 12.1 Å². The van der Waals surface area contributed by atoms with E-state index in [2.05, 4.69) is 5.32 Å². The molecule has 0 saturated carbocycles. The van der Waals surface area contributed by atoms with Gasteiger partial charge in [-0.05, 0) is 36.2 Å². The summed E-state index contributed by atoms with van der Waals surface area (Å²) >= 11 is 0.510. The minimum absolute atomic E-state index is 0.0447. The van der Waals surface area contributed by atoms with Gasteiger partial charge in [-0.15, -0.1) is 11.3 Å². The molecule has 122 valence electrons. The molecule has 2 rings (SSSR count). The van der Waals surface area contributed by atoms with Crippen LogP contribution in [-0.2, 0) is 6.42 Å². The molecule has 0 atom stereocenters. The van der Waals surface area contributed by atoms with Crippen molar-refractivity contribution in [2.24, 2.45) is 0 Å². The van der Waals surface area contributed by atoms with Gasteiger partial charge < -0.3 is 10.4 Å². The van der Waals surface area contributed by atoms with E-state index in [-0.39, 0.29) is 17.2 Å². The summed E-state index contributed by atoms with van der Waals surface area (Å²) in [5.41, 5.74) is 0.891. The van der Waals surface area contributed by atoms with E-state index < -0.39 is 22.7 Å². The van der Waals surface area contributed by atoms with Crippen LogP contribution in [0.25, 0.3) is 0 Å². The van der Waals surface area contributed by atoms with Crippen LogP contribution < -0.4 is 5.32 Å². The first-order valence-corrected chi connectivity index (χ1v) is 7.36. The minimum atomic E-state index is -4.95. The molecule has 0 aliphatic rings. The van der Waals surface area contributed by atoms with Crippen LogP contribution in [0.2, 0.25) is 0 Å². The highest BCUT2D eigenvalue weighted by atomic mass is 32.1. The maximum absolute atomic E-state index is 12.3. The van der Waals surface area contributed by atoms with Crippen molar-refractivity contribution in [3.05, 3.63) is 51.7 Å². The molecule has 23 heavy (non-hydrogen) atoms. The Labute approximate surface area is 133 Å². The van der Waals surface area contributed by atoms with Gasteiger partial charge in [0.15, 0.2) is 0 Å². The topological polar surface area (TPSA) is 66.4 Å². The Morgan fingerprint density at radius 2 is 1.65 bits per heavy atom. The van der Waals surface area contributed by atoms with Gasteiger partial charge in [0.25, 0.3) is 11.7 Å².